The lowest BCUT2D eigenvalue weighted by Gasteiger charge is -2.27. The zero-order valence-corrected chi connectivity index (χ0v) is 66.4. The third kappa shape index (κ3) is 18.9. The summed E-state index contributed by atoms with van der Waals surface area (Å²) in [5.41, 5.74) is 14.3. The minimum atomic E-state index is 0.123. The van der Waals surface area contributed by atoms with Gasteiger partial charge in [-0.1, -0.05) is 42.5 Å². The minimum Gasteiger partial charge on any atom is -0.508 e. The summed E-state index contributed by atoms with van der Waals surface area (Å²) < 4.78 is 5.11. The van der Waals surface area contributed by atoms with Gasteiger partial charge in [-0.2, -0.15) is 35.7 Å². The van der Waals surface area contributed by atoms with Gasteiger partial charge in [0.2, 0.25) is 0 Å². The van der Waals surface area contributed by atoms with Crippen LogP contribution >= 0.6 is 0 Å². The number of anilines is 2. The van der Waals surface area contributed by atoms with Crippen LogP contribution in [0.2, 0.25) is 0 Å². The molecule has 7 aromatic carbocycles. The van der Waals surface area contributed by atoms with Gasteiger partial charge in [0.1, 0.15) is 34.5 Å². The Labute approximate surface area is 697 Å². The molecule has 0 amide bonds. The summed E-state index contributed by atoms with van der Waals surface area (Å²) in [6.45, 7) is 13.7. The van der Waals surface area contributed by atoms with E-state index in [1.165, 1.54) is 11.1 Å². The number of hydrogen-bond acceptors (Lipinski definition) is 26. The number of aromatic hydroxyl groups is 6. The molecule has 0 unspecified atom stereocenters. The van der Waals surface area contributed by atoms with Crippen molar-refractivity contribution in [3.63, 3.8) is 0 Å². The van der Waals surface area contributed by atoms with Crippen LogP contribution in [-0.4, -0.2) is 203 Å². The van der Waals surface area contributed by atoms with E-state index in [9.17, 15) is 30.6 Å². The van der Waals surface area contributed by atoms with Crippen molar-refractivity contribution in [3.8, 4) is 108 Å². The van der Waals surface area contributed by atoms with E-state index >= 15 is 0 Å². The van der Waals surface area contributed by atoms with Crippen molar-refractivity contribution in [2.45, 2.75) is 31.6 Å². The number of rotatable bonds is 13. The van der Waals surface area contributed by atoms with Gasteiger partial charge in [-0.05, 0) is 248 Å². The minimum absolute atomic E-state index is 0.123. The van der Waals surface area contributed by atoms with E-state index in [0.717, 1.165) is 196 Å². The maximum atomic E-state index is 10.4. The molecule has 29 heteroatoms. The van der Waals surface area contributed by atoms with E-state index in [0.29, 0.717) is 62.2 Å². The van der Waals surface area contributed by atoms with E-state index in [-0.39, 0.29) is 34.5 Å². The number of piperidine rings is 1. The number of aromatic nitrogens is 16. The SMILES string of the molecule is Oc1cc(-n2cccn2)ccc1-c1ccc(C2=CCNCC2)nn1.Oc1cc(-n2cccn2)ccc1-c1ccc(C2CCNCC2)nn1.Oc1cc(-n2cccn2)ccc1-c1ccc(N2C[C@H]3CNC[C@H]3C2)nn1.Oc1cc2ccccc2cc1-c1ccc(C2=CCNCC2)nn1.Oc1ccc2cc(-c3ccc(N4CCNCC4)nn3)c(O)cc2c1. The fourth-order valence-corrected chi connectivity index (χ4v) is 15.9. The van der Waals surface area contributed by atoms with Gasteiger partial charge in [0, 0.05) is 155 Å². The van der Waals surface area contributed by atoms with Crippen LogP contribution in [-0.2, 0) is 0 Å². The second kappa shape index (κ2) is 37.2. The molecular formula is C92H91N23O6. The van der Waals surface area contributed by atoms with Crippen molar-refractivity contribution in [2.24, 2.45) is 11.8 Å². The van der Waals surface area contributed by atoms with E-state index in [1.807, 2.05) is 176 Å². The molecular weight excluding hydrogens is 1520 g/mol. The van der Waals surface area contributed by atoms with E-state index in [1.54, 1.807) is 75.1 Å². The lowest BCUT2D eigenvalue weighted by Crippen LogP contribution is -2.43. The van der Waals surface area contributed by atoms with Crippen LogP contribution in [0.1, 0.15) is 48.7 Å². The highest BCUT2D eigenvalue weighted by atomic mass is 16.3. The Morgan fingerprint density at radius 2 is 0.727 bits per heavy atom. The topological polar surface area (TPSA) is 370 Å². The molecule has 0 aliphatic carbocycles. The fourth-order valence-electron chi connectivity index (χ4n) is 15.9. The summed E-state index contributed by atoms with van der Waals surface area (Å²) in [7, 11) is 0. The molecule has 6 aliphatic heterocycles. The van der Waals surface area contributed by atoms with Crippen LogP contribution in [0.3, 0.4) is 0 Å². The highest BCUT2D eigenvalue weighted by Crippen LogP contribution is 2.39. The first-order chi connectivity index (χ1) is 59.4. The van der Waals surface area contributed by atoms with E-state index in [2.05, 4.69) is 115 Å². The number of phenols is 6. The molecule has 0 bridgehead atoms. The third-order valence-electron chi connectivity index (χ3n) is 22.4. The number of fused-ring (bicyclic) bond motifs is 3. The summed E-state index contributed by atoms with van der Waals surface area (Å²) in [5.74, 6) is 4.70. The molecule has 11 N–H and O–H groups in total. The van der Waals surface area contributed by atoms with E-state index in [4.69, 9.17) is 0 Å². The Morgan fingerprint density at radius 1 is 0.314 bits per heavy atom. The van der Waals surface area contributed by atoms with Gasteiger partial charge in [0.05, 0.1) is 62.6 Å². The predicted molar refractivity (Wildman–Crippen MR) is 467 cm³/mol. The predicted octanol–water partition coefficient (Wildman–Crippen LogP) is 12.1. The number of hydrogen-bond donors (Lipinski definition) is 11. The zero-order valence-electron chi connectivity index (χ0n) is 66.4. The fraction of sp³-hybridized carbons (Fsp3) is 0.228. The first kappa shape index (κ1) is 79.2. The summed E-state index contributed by atoms with van der Waals surface area (Å²) in [6.07, 6.45) is 19.0. The molecule has 15 aromatic rings. The Hall–Kier alpha value is -14.2. The number of phenolic OH excluding ortho intramolecular Hbond substituents is 6. The molecule has 2 atom stereocenters. The van der Waals surface area contributed by atoms with Gasteiger partial charge in [-0.25, -0.2) is 14.0 Å². The molecule has 4 fully saturated rings. The van der Waals surface area contributed by atoms with Crippen molar-refractivity contribution >= 4 is 44.3 Å². The van der Waals surface area contributed by atoms with Gasteiger partial charge in [-0.3, -0.25) is 0 Å². The monoisotopic (exact) mass is 1610 g/mol. The summed E-state index contributed by atoms with van der Waals surface area (Å²) in [4.78, 5) is 4.50. The summed E-state index contributed by atoms with van der Waals surface area (Å²) in [5, 5.41) is 138. The number of benzene rings is 7. The van der Waals surface area contributed by atoms with Crippen molar-refractivity contribution in [1.82, 2.24) is 107 Å². The Bertz CT molecular complexity index is 6060. The Morgan fingerprint density at radius 3 is 1.16 bits per heavy atom. The highest BCUT2D eigenvalue weighted by Gasteiger charge is 2.37. The third-order valence-corrected chi connectivity index (χ3v) is 22.4. The van der Waals surface area contributed by atoms with Gasteiger partial charge in [0.15, 0.2) is 11.6 Å². The van der Waals surface area contributed by atoms with Gasteiger partial charge >= 0.3 is 0 Å². The molecule has 121 heavy (non-hydrogen) atoms. The van der Waals surface area contributed by atoms with Gasteiger partial charge in [0.25, 0.3) is 0 Å². The average Bonchev–Trinajstić information content (AvgIpc) is 1.04. The first-order valence-corrected chi connectivity index (χ1v) is 40.7. The van der Waals surface area contributed by atoms with Crippen LogP contribution in [0.4, 0.5) is 11.6 Å². The molecule has 4 saturated heterocycles. The Balaban J connectivity index is 0.000000108. The highest BCUT2D eigenvalue weighted by molar-refractivity contribution is 5.92. The van der Waals surface area contributed by atoms with Crippen molar-refractivity contribution in [2.75, 3.05) is 101 Å². The van der Waals surface area contributed by atoms with Gasteiger partial charge in [-0.15, -0.1) is 30.6 Å². The molecule has 610 valence electrons. The normalized spacial score (nSPS) is 16.4. The van der Waals surface area contributed by atoms with Gasteiger partial charge < -0.3 is 67.0 Å². The quantitative estimate of drug-likeness (QED) is 0.0511. The Kier molecular flexibility index (Phi) is 24.3. The lowest BCUT2D eigenvalue weighted by molar-refractivity contribution is 0.450. The second-order valence-corrected chi connectivity index (χ2v) is 30.3. The average molecular weight is 1610 g/mol. The van der Waals surface area contributed by atoms with E-state index < -0.39 is 0 Å². The van der Waals surface area contributed by atoms with Crippen molar-refractivity contribution in [3.05, 3.63) is 267 Å². The molecule has 0 saturated carbocycles. The largest absolute Gasteiger partial charge is 0.508 e. The second-order valence-electron chi connectivity index (χ2n) is 30.3. The van der Waals surface area contributed by atoms with Crippen LogP contribution in [0.25, 0.3) is 106 Å². The molecule has 21 rings (SSSR count). The lowest BCUT2D eigenvalue weighted by atomic mass is 9.94. The standard InChI is InChI=1S/C19H20N6O.C19H17N3O.C18H19N5O.C18H17N5O.C18H18N4O2/c26-18-8-15(25-7-1-6-21-25)2-3-16(18)17-4-5-19(23-22-17)24-11-13-9-20-10-14(13)12-24;23-19-12-15-4-2-1-3-14(15)11-16(19)18-6-5-17(21-22-18)13-7-9-20-10-8-13;2*24-18-12-14(23-11-1-8-20-23)2-3-15(18)17-5-4-16(21-22-17)13-6-9-19-10-7-13;23-14-2-1-12-10-15(17(24)11-13(12)9-14)16-3-4-18(21-20-16)22-7-5-19-6-8-22/h1-8,13-14,20,26H,9-12H2;1-7,11-12,20,23H,8-10H2;1-5,8,11-13,19,24H,6-7,9-10H2;1-6,8,11-12,19,24H,7,9-10H2;1-4,9-11,19,23-24H,5-8H2/t13-,14+;;;;. The number of nitrogens with one attached hydrogen (secondary N) is 5. The van der Waals surface area contributed by atoms with Crippen LogP contribution in [0.5, 0.6) is 34.5 Å². The first-order valence-electron chi connectivity index (χ1n) is 40.7. The molecule has 8 aromatic heterocycles. The molecule has 0 spiro atoms. The maximum absolute atomic E-state index is 10.4. The maximum Gasteiger partial charge on any atom is 0.151 e. The number of nitrogens with zero attached hydrogens (tertiary/aromatic N) is 18. The van der Waals surface area contributed by atoms with Crippen LogP contribution in [0.15, 0.2) is 250 Å². The van der Waals surface area contributed by atoms with Crippen LogP contribution in [0, 0.1) is 11.8 Å². The van der Waals surface area contributed by atoms with Crippen LogP contribution < -0.4 is 36.4 Å². The number of piperazine rings is 1. The molecule has 14 heterocycles. The summed E-state index contributed by atoms with van der Waals surface area (Å²) >= 11 is 0. The smallest absolute Gasteiger partial charge is 0.151 e. The molecule has 0 radical (unpaired) electrons. The molecule has 29 nitrogen and oxygen atoms in total. The van der Waals surface area contributed by atoms with Crippen molar-refractivity contribution in [1.29, 1.82) is 0 Å². The summed E-state index contributed by atoms with van der Waals surface area (Å²) in [6, 6.07) is 61.5. The zero-order chi connectivity index (χ0) is 82.4. The molecule has 6 aliphatic rings. The van der Waals surface area contributed by atoms with Crippen molar-refractivity contribution < 1.29 is 30.6 Å².